The monoisotopic (exact) mass is 409 g/mol. The Hall–Kier alpha value is -3.33. The van der Waals surface area contributed by atoms with Crippen molar-refractivity contribution in [3.05, 3.63) is 48.0 Å². The summed E-state index contributed by atoms with van der Waals surface area (Å²) in [6, 6.07) is 6.77. The Balaban J connectivity index is 1.66. The minimum atomic E-state index is -0.762. The van der Waals surface area contributed by atoms with Crippen molar-refractivity contribution in [3.63, 3.8) is 0 Å². The molecule has 2 heterocycles. The summed E-state index contributed by atoms with van der Waals surface area (Å²) < 4.78 is 14.7. The number of nitrogens with one attached hydrogen (secondary N) is 3. The smallest absolute Gasteiger partial charge is 0.252 e. The van der Waals surface area contributed by atoms with Crippen LogP contribution in [0.3, 0.4) is 0 Å². The first-order chi connectivity index (χ1) is 14.5. The van der Waals surface area contributed by atoms with Crippen LogP contribution in [-0.4, -0.2) is 40.0 Å². The van der Waals surface area contributed by atoms with Gasteiger partial charge in [-0.15, -0.1) is 0 Å². The van der Waals surface area contributed by atoms with Gasteiger partial charge in [0.15, 0.2) is 11.6 Å². The van der Waals surface area contributed by atoms with Gasteiger partial charge >= 0.3 is 0 Å². The minimum Gasteiger partial charge on any atom is -0.365 e. The lowest BCUT2D eigenvalue weighted by Gasteiger charge is -2.32. The van der Waals surface area contributed by atoms with Crippen molar-refractivity contribution in [1.82, 2.24) is 20.3 Å². The van der Waals surface area contributed by atoms with Crippen molar-refractivity contribution in [2.24, 2.45) is 5.73 Å². The van der Waals surface area contributed by atoms with Gasteiger partial charge in [0.05, 0.1) is 16.6 Å². The van der Waals surface area contributed by atoms with E-state index in [4.69, 9.17) is 5.73 Å². The van der Waals surface area contributed by atoms with Crippen LogP contribution >= 0.6 is 0 Å². The van der Waals surface area contributed by atoms with E-state index in [0.717, 1.165) is 37.3 Å². The highest BCUT2D eigenvalue weighted by molar-refractivity contribution is 5.98. The molecule has 9 heteroatoms. The Labute approximate surface area is 173 Å². The van der Waals surface area contributed by atoms with Crippen LogP contribution in [0.4, 0.5) is 21.7 Å². The molecule has 30 heavy (non-hydrogen) atoms. The van der Waals surface area contributed by atoms with Gasteiger partial charge in [0.2, 0.25) is 0 Å². The lowest BCUT2D eigenvalue weighted by molar-refractivity contribution is 0.100. The first kappa shape index (κ1) is 20.0. The van der Waals surface area contributed by atoms with Crippen LogP contribution in [-0.2, 0) is 0 Å². The minimum absolute atomic E-state index is 0.0221. The molecule has 1 aliphatic carbocycles. The third-order valence-electron chi connectivity index (χ3n) is 5.43. The number of carbonyl (C=O) groups is 1. The number of amides is 1. The largest absolute Gasteiger partial charge is 0.365 e. The molecule has 0 spiro atoms. The molecule has 0 aliphatic heterocycles. The Morgan fingerprint density at radius 2 is 1.80 bits per heavy atom. The van der Waals surface area contributed by atoms with Crippen LogP contribution in [0.25, 0.3) is 11.0 Å². The van der Waals surface area contributed by atoms with Gasteiger partial charge in [-0.2, -0.15) is 0 Å². The number of primary amides is 1. The molecule has 8 nitrogen and oxygen atoms in total. The summed E-state index contributed by atoms with van der Waals surface area (Å²) in [5.41, 5.74) is 7.51. The van der Waals surface area contributed by atoms with E-state index in [1.807, 2.05) is 7.05 Å². The molecule has 4 rings (SSSR count). The number of anilines is 3. The zero-order valence-corrected chi connectivity index (χ0v) is 16.7. The summed E-state index contributed by atoms with van der Waals surface area (Å²) in [5.74, 6) is -1.09. The van der Waals surface area contributed by atoms with Gasteiger partial charge in [-0.3, -0.25) is 14.8 Å². The van der Waals surface area contributed by atoms with Gasteiger partial charge in [0.25, 0.3) is 5.91 Å². The van der Waals surface area contributed by atoms with Crippen LogP contribution in [0.15, 0.2) is 36.7 Å². The molecule has 1 amide bonds. The zero-order valence-electron chi connectivity index (χ0n) is 16.7. The maximum Gasteiger partial charge on any atom is 0.252 e. The van der Waals surface area contributed by atoms with Crippen LogP contribution in [0, 0.1) is 5.82 Å². The number of halogens is 1. The molecule has 3 aromatic rings. The van der Waals surface area contributed by atoms with Gasteiger partial charge in [-0.05, 0) is 44.2 Å². The first-order valence-electron chi connectivity index (χ1n) is 9.97. The normalized spacial score (nSPS) is 18.9. The van der Waals surface area contributed by atoms with Crippen molar-refractivity contribution < 1.29 is 9.18 Å². The van der Waals surface area contributed by atoms with Gasteiger partial charge < -0.3 is 21.7 Å². The number of hydrogen-bond acceptors (Lipinski definition) is 7. The standard InChI is InChI=1S/C21H24FN7O/c1-24-15-4-2-3-5-17(15)28-21-14(22)11-13(19(23)30)20(29-21)27-12-6-7-16-18(10-12)26-9-8-25-16/h6-11,15,17,24H,2-5H2,1H3,(H2,23,30)(H2,27,28,29)/t15-,17?/m0/s1. The number of nitrogens with two attached hydrogens (primary N) is 1. The second-order valence-electron chi connectivity index (χ2n) is 7.39. The highest BCUT2D eigenvalue weighted by Crippen LogP contribution is 2.27. The average Bonchev–Trinajstić information content (AvgIpc) is 2.76. The maximum atomic E-state index is 14.7. The van der Waals surface area contributed by atoms with Gasteiger partial charge in [-0.1, -0.05) is 12.8 Å². The number of aromatic nitrogens is 3. The molecule has 0 saturated heterocycles. The molecule has 2 aromatic heterocycles. The fourth-order valence-corrected chi connectivity index (χ4v) is 3.88. The predicted octanol–water partition coefficient (Wildman–Crippen LogP) is 2.95. The molecule has 156 valence electrons. The Morgan fingerprint density at radius 1 is 1.07 bits per heavy atom. The van der Waals surface area contributed by atoms with Crippen molar-refractivity contribution in [3.8, 4) is 0 Å². The maximum absolute atomic E-state index is 14.7. The average molecular weight is 409 g/mol. The third kappa shape index (κ3) is 4.16. The number of fused-ring (bicyclic) bond motifs is 1. The highest BCUT2D eigenvalue weighted by Gasteiger charge is 2.26. The molecule has 0 radical (unpaired) electrons. The van der Waals surface area contributed by atoms with Crippen molar-refractivity contribution in [2.45, 2.75) is 37.8 Å². The van der Waals surface area contributed by atoms with Crippen molar-refractivity contribution >= 4 is 34.3 Å². The number of carbonyl (C=O) groups excluding carboxylic acids is 1. The first-order valence-corrected chi connectivity index (χ1v) is 9.97. The van der Waals surface area contributed by atoms with Crippen LogP contribution in [0.1, 0.15) is 36.0 Å². The van der Waals surface area contributed by atoms with Gasteiger partial charge in [0, 0.05) is 30.2 Å². The summed E-state index contributed by atoms with van der Waals surface area (Å²) in [4.78, 5) is 24.8. The van der Waals surface area contributed by atoms with E-state index >= 15 is 0 Å². The Morgan fingerprint density at radius 3 is 2.53 bits per heavy atom. The van der Waals surface area contributed by atoms with Crippen LogP contribution in [0.5, 0.6) is 0 Å². The van der Waals surface area contributed by atoms with Gasteiger partial charge in [0.1, 0.15) is 5.82 Å². The summed E-state index contributed by atoms with van der Waals surface area (Å²) in [5, 5.41) is 9.56. The van der Waals surface area contributed by atoms with E-state index in [0.29, 0.717) is 11.2 Å². The second kappa shape index (κ2) is 8.58. The van der Waals surface area contributed by atoms with E-state index in [1.54, 1.807) is 30.6 Å². The third-order valence-corrected chi connectivity index (χ3v) is 5.43. The lowest BCUT2D eigenvalue weighted by Crippen LogP contribution is -2.45. The SMILES string of the molecule is CN[C@H]1CCCCC1Nc1nc(Nc2ccc3nccnc3c2)c(C(N)=O)cc1F. The van der Waals surface area contributed by atoms with E-state index in [2.05, 4.69) is 30.9 Å². The Kier molecular flexibility index (Phi) is 5.71. The van der Waals surface area contributed by atoms with E-state index in [1.165, 1.54) is 0 Å². The van der Waals surface area contributed by atoms with Gasteiger partial charge in [-0.25, -0.2) is 9.37 Å². The number of likely N-dealkylation sites (N-methyl/N-ethyl adjacent to an activating group) is 1. The number of benzene rings is 1. The summed E-state index contributed by atoms with van der Waals surface area (Å²) in [6.45, 7) is 0. The second-order valence-corrected chi connectivity index (χ2v) is 7.39. The van der Waals surface area contributed by atoms with Crippen LogP contribution in [0.2, 0.25) is 0 Å². The lowest BCUT2D eigenvalue weighted by atomic mass is 9.90. The molecular weight excluding hydrogens is 385 g/mol. The quantitative estimate of drug-likeness (QED) is 0.494. The fourth-order valence-electron chi connectivity index (χ4n) is 3.88. The summed E-state index contributed by atoms with van der Waals surface area (Å²) >= 11 is 0. The molecule has 1 aromatic carbocycles. The highest BCUT2D eigenvalue weighted by atomic mass is 19.1. The van der Waals surface area contributed by atoms with E-state index in [-0.39, 0.29) is 29.3 Å². The molecule has 0 bridgehead atoms. The van der Waals surface area contributed by atoms with Crippen molar-refractivity contribution in [2.75, 3.05) is 17.7 Å². The molecular formula is C21H24FN7O. The number of hydrogen-bond donors (Lipinski definition) is 4. The van der Waals surface area contributed by atoms with Crippen molar-refractivity contribution in [1.29, 1.82) is 0 Å². The topological polar surface area (TPSA) is 118 Å². The predicted molar refractivity (Wildman–Crippen MR) is 114 cm³/mol. The number of rotatable bonds is 6. The number of nitrogens with zero attached hydrogens (tertiary/aromatic N) is 3. The molecule has 5 N–H and O–H groups in total. The molecule has 1 aliphatic rings. The molecule has 1 fully saturated rings. The molecule has 2 atom stereocenters. The summed E-state index contributed by atoms with van der Waals surface area (Å²) in [6.07, 6.45) is 7.35. The molecule has 1 unspecified atom stereocenters. The molecule has 1 saturated carbocycles. The van der Waals surface area contributed by atoms with E-state index in [9.17, 15) is 9.18 Å². The zero-order chi connectivity index (χ0) is 21.1. The fraction of sp³-hybridized carbons (Fsp3) is 0.333. The van der Waals surface area contributed by atoms with E-state index < -0.39 is 11.7 Å². The Bertz CT molecular complexity index is 1070. The summed E-state index contributed by atoms with van der Waals surface area (Å²) in [7, 11) is 1.90. The number of pyridine rings is 1. The van der Waals surface area contributed by atoms with Crippen LogP contribution < -0.4 is 21.7 Å².